The fourth-order valence-electron chi connectivity index (χ4n) is 2.29. The Labute approximate surface area is 120 Å². The maximum atomic E-state index is 5.75. The van der Waals surface area contributed by atoms with Crippen molar-refractivity contribution in [1.82, 2.24) is 15.1 Å². The number of para-hydroxylation sites is 1. The van der Waals surface area contributed by atoms with E-state index in [2.05, 4.69) is 16.5 Å². The highest BCUT2D eigenvalue weighted by molar-refractivity contribution is 5.20. The molecule has 0 aliphatic carbocycles. The van der Waals surface area contributed by atoms with Gasteiger partial charge < -0.3 is 10.1 Å². The summed E-state index contributed by atoms with van der Waals surface area (Å²) < 4.78 is 7.71. The molecule has 1 heterocycles. The molecule has 1 unspecified atom stereocenters. The predicted octanol–water partition coefficient (Wildman–Crippen LogP) is 2.33. The van der Waals surface area contributed by atoms with Gasteiger partial charge in [-0.15, -0.1) is 0 Å². The third-order valence-electron chi connectivity index (χ3n) is 3.44. The van der Waals surface area contributed by atoms with Gasteiger partial charge in [0.05, 0.1) is 12.3 Å². The number of rotatable bonds is 7. The Hall–Kier alpha value is -1.81. The summed E-state index contributed by atoms with van der Waals surface area (Å²) in [7, 11) is 3.99. The van der Waals surface area contributed by atoms with Gasteiger partial charge in [0.25, 0.3) is 0 Å². The number of hydrogen-bond acceptors (Lipinski definition) is 3. The molecule has 0 spiro atoms. The summed E-state index contributed by atoms with van der Waals surface area (Å²) >= 11 is 0. The van der Waals surface area contributed by atoms with Crippen molar-refractivity contribution in [2.75, 3.05) is 13.7 Å². The molecule has 0 saturated heterocycles. The number of aromatic nitrogens is 2. The molecule has 1 aromatic heterocycles. The molecule has 0 aliphatic heterocycles. The molecular weight excluding hydrogens is 250 g/mol. The standard InChI is InChI=1S/C16H23N3O/c1-13-11-15(19(3)18-13)12-14(17-2)9-10-20-16-7-5-4-6-8-16/h4-8,11,14,17H,9-10,12H2,1-3H3. The van der Waals surface area contributed by atoms with Crippen molar-refractivity contribution in [1.29, 1.82) is 0 Å². The third-order valence-corrected chi connectivity index (χ3v) is 3.44. The molecule has 0 bridgehead atoms. The summed E-state index contributed by atoms with van der Waals surface area (Å²) in [5.74, 6) is 0.929. The SMILES string of the molecule is CNC(CCOc1ccccc1)Cc1cc(C)nn1C. The molecule has 0 radical (unpaired) electrons. The molecule has 1 aromatic carbocycles. The van der Waals surface area contributed by atoms with E-state index in [9.17, 15) is 0 Å². The lowest BCUT2D eigenvalue weighted by molar-refractivity contribution is 0.287. The van der Waals surface area contributed by atoms with Crippen LogP contribution >= 0.6 is 0 Å². The van der Waals surface area contributed by atoms with Crippen LogP contribution in [0.3, 0.4) is 0 Å². The van der Waals surface area contributed by atoms with Gasteiger partial charge in [-0.1, -0.05) is 18.2 Å². The van der Waals surface area contributed by atoms with E-state index in [0.717, 1.165) is 24.3 Å². The maximum Gasteiger partial charge on any atom is 0.119 e. The van der Waals surface area contributed by atoms with E-state index in [1.165, 1.54) is 5.69 Å². The number of nitrogens with one attached hydrogen (secondary N) is 1. The molecule has 0 fully saturated rings. The van der Waals surface area contributed by atoms with Crippen LogP contribution in [0.25, 0.3) is 0 Å². The summed E-state index contributed by atoms with van der Waals surface area (Å²) in [4.78, 5) is 0. The van der Waals surface area contributed by atoms with Gasteiger partial charge in [-0.25, -0.2) is 0 Å². The number of likely N-dealkylation sites (N-methyl/N-ethyl adjacent to an activating group) is 1. The van der Waals surface area contributed by atoms with E-state index >= 15 is 0 Å². The van der Waals surface area contributed by atoms with Gasteiger partial charge in [-0.3, -0.25) is 4.68 Å². The van der Waals surface area contributed by atoms with Gasteiger partial charge in [-0.05, 0) is 38.6 Å². The summed E-state index contributed by atoms with van der Waals surface area (Å²) in [5, 5.41) is 7.74. The van der Waals surface area contributed by atoms with Crippen LogP contribution in [0.15, 0.2) is 36.4 Å². The molecule has 0 amide bonds. The second-order valence-electron chi connectivity index (χ2n) is 5.04. The molecular formula is C16H23N3O. The predicted molar refractivity (Wildman–Crippen MR) is 81.1 cm³/mol. The van der Waals surface area contributed by atoms with E-state index < -0.39 is 0 Å². The smallest absolute Gasteiger partial charge is 0.119 e. The summed E-state index contributed by atoms with van der Waals surface area (Å²) in [6, 6.07) is 12.5. The lowest BCUT2D eigenvalue weighted by atomic mass is 10.1. The van der Waals surface area contributed by atoms with Crippen molar-refractivity contribution in [3.05, 3.63) is 47.8 Å². The largest absolute Gasteiger partial charge is 0.494 e. The Morgan fingerprint density at radius 1 is 1.30 bits per heavy atom. The zero-order valence-electron chi connectivity index (χ0n) is 12.5. The molecule has 108 valence electrons. The molecule has 0 aliphatic rings. The molecule has 4 heteroatoms. The van der Waals surface area contributed by atoms with Crippen LogP contribution in [0.4, 0.5) is 0 Å². The van der Waals surface area contributed by atoms with Crippen molar-refractivity contribution < 1.29 is 4.74 Å². The Morgan fingerprint density at radius 3 is 2.65 bits per heavy atom. The molecule has 20 heavy (non-hydrogen) atoms. The number of benzene rings is 1. The molecule has 2 aromatic rings. The fraction of sp³-hybridized carbons (Fsp3) is 0.438. The topological polar surface area (TPSA) is 39.1 Å². The Bertz CT molecular complexity index is 522. The van der Waals surface area contributed by atoms with Crippen LogP contribution in [0.2, 0.25) is 0 Å². The van der Waals surface area contributed by atoms with Gasteiger partial charge in [0, 0.05) is 25.2 Å². The Morgan fingerprint density at radius 2 is 2.05 bits per heavy atom. The lowest BCUT2D eigenvalue weighted by Crippen LogP contribution is -2.30. The zero-order valence-corrected chi connectivity index (χ0v) is 12.5. The van der Waals surface area contributed by atoms with Crippen LogP contribution < -0.4 is 10.1 Å². The first-order chi connectivity index (χ1) is 9.69. The van der Waals surface area contributed by atoms with Gasteiger partial charge in [0.1, 0.15) is 5.75 Å². The van der Waals surface area contributed by atoms with Gasteiger partial charge in [-0.2, -0.15) is 5.10 Å². The van der Waals surface area contributed by atoms with Crippen molar-refractivity contribution in [3.63, 3.8) is 0 Å². The number of hydrogen-bond donors (Lipinski definition) is 1. The Balaban J connectivity index is 1.82. The van der Waals surface area contributed by atoms with Crippen LogP contribution in [0, 0.1) is 6.92 Å². The van der Waals surface area contributed by atoms with Crippen molar-refractivity contribution in [3.8, 4) is 5.75 Å². The minimum absolute atomic E-state index is 0.397. The first-order valence-electron chi connectivity index (χ1n) is 7.03. The number of aryl methyl sites for hydroxylation is 2. The molecule has 1 atom stereocenters. The van der Waals surface area contributed by atoms with E-state index in [1.54, 1.807) is 0 Å². The van der Waals surface area contributed by atoms with Crippen molar-refractivity contribution in [2.45, 2.75) is 25.8 Å². The summed E-state index contributed by atoms with van der Waals surface area (Å²) in [6.07, 6.45) is 1.93. The van der Waals surface area contributed by atoms with Gasteiger partial charge >= 0.3 is 0 Å². The van der Waals surface area contributed by atoms with Crippen LogP contribution in [0.5, 0.6) is 5.75 Å². The highest BCUT2D eigenvalue weighted by Gasteiger charge is 2.11. The average molecular weight is 273 g/mol. The molecule has 4 nitrogen and oxygen atoms in total. The zero-order chi connectivity index (χ0) is 14.4. The first kappa shape index (κ1) is 14.6. The second kappa shape index (κ2) is 7.10. The van der Waals surface area contributed by atoms with Crippen molar-refractivity contribution in [2.24, 2.45) is 7.05 Å². The van der Waals surface area contributed by atoms with Crippen LogP contribution in [-0.4, -0.2) is 29.5 Å². The lowest BCUT2D eigenvalue weighted by Gasteiger charge is -2.16. The average Bonchev–Trinajstić information content (AvgIpc) is 2.77. The Kier molecular flexibility index (Phi) is 5.18. The molecule has 2 rings (SSSR count). The van der Waals surface area contributed by atoms with Crippen molar-refractivity contribution >= 4 is 0 Å². The minimum Gasteiger partial charge on any atom is -0.494 e. The third kappa shape index (κ3) is 4.10. The quantitative estimate of drug-likeness (QED) is 0.841. The van der Waals surface area contributed by atoms with E-state index in [4.69, 9.17) is 4.74 Å². The summed E-state index contributed by atoms with van der Waals surface area (Å²) in [5.41, 5.74) is 2.32. The summed E-state index contributed by atoms with van der Waals surface area (Å²) in [6.45, 7) is 2.74. The van der Waals surface area contributed by atoms with Crippen LogP contribution in [-0.2, 0) is 13.5 Å². The van der Waals surface area contributed by atoms with E-state index in [-0.39, 0.29) is 0 Å². The second-order valence-corrected chi connectivity index (χ2v) is 5.04. The highest BCUT2D eigenvalue weighted by atomic mass is 16.5. The van der Waals surface area contributed by atoms with E-state index in [0.29, 0.717) is 12.6 Å². The number of ether oxygens (including phenoxy) is 1. The monoisotopic (exact) mass is 273 g/mol. The van der Waals surface area contributed by atoms with Gasteiger partial charge in [0.15, 0.2) is 0 Å². The fourth-order valence-corrected chi connectivity index (χ4v) is 2.29. The van der Waals surface area contributed by atoms with Gasteiger partial charge in [0.2, 0.25) is 0 Å². The van der Waals surface area contributed by atoms with Crippen LogP contribution in [0.1, 0.15) is 17.8 Å². The van der Waals surface area contributed by atoms with E-state index in [1.807, 2.05) is 56.0 Å². The number of nitrogens with zero attached hydrogens (tertiary/aromatic N) is 2. The first-order valence-corrected chi connectivity index (χ1v) is 7.03. The highest BCUT2D eigenvalue weighted by Crippen LogP contribution is 2.11. The maximum absolute atomic E-state index is 5.75. The normalized spacial score (nSPS) is 12.3. The minimum atomic E-state index is 0.397. The molecule has 1 N–H and O–H groups in total. The molecule has 0 saturated carbocycles.